The molecule has 0 aromatic heterocycles. The number of carbonyl (C=O) groups excluding carboxylic acids is 1. The first-order chi connectivity index (χ1) is 9.06. The van der Waals surface area contributed by atoms with Gasteiger partial charge in [-0.1, -0.05) is 6.07 Å². The van der Waals surface area contributed by atoms with Gasteiger partial charge in [0.1, 0.15) is 0 Å². The fourth-order valence-corrected chi connectivity index (χ4v) is 1.50. The maximum absolute atomic E-state index is 11.4. The lowest BCUT2D eigenvalue weighted by atomic mass is 10.2. The van der Waals surface area contributed by atoms with E-state index in [9.17, 15) is 4.79 Å². The molecule has 106 valence electrons. The van der Waals surface area contributed by atoms with Gasteiger partial charge in [-0.05, 0) is 38.5 Å². The van der Waals surface area contributed by atoms with E-state index < -0.39 is 5.97 Å². The summed E-state index contributed by atoms with van der Waals surface area (Å²) in [5, 5.41) is 0. The zero-order valence-electron chi connectivity index (χ0n) is 11.6. The van der Waals surface area contributed by atoms with Gasteiger partial charge in [-0.3, -0.25) is 0 Å². The normalized spacial score (nSPS) is 10.4. The van der Waals surface area contributed by atoms with Gasteiger partial charge in [0.25, 0.3) is 0 Å². The molecule has 1 aromatic carbocycles. The minimum Gasteiger partial charge on any atom is -0.490 e. The van der Waals surface area contributed by atoms with Crippen molar-refractivity contribution in [2.45, 2.75) is 33.4 Å². The number of carbonyl (C=O) groups is 1. The van der Waals surface area contributed by atoms with Crippen LogP contribution in [-0.4, -0.2) is 25.3 Å². The van der Waals surface area contributed by atoms with Crippen LogP contribution >= 0.6 is 0 Å². The van der Waals surface area contributed by atoms with Crippen molar-refractivity contribution >= 4 is 5.97 Å². The molecule has 0 heterocycles. The molecule has 0 amide bonds. The van der Waals surface area contributed by atoms with Gasteiger partial charge < -0.3 is 19.9 Å². The second-order valence-electron chi connectivity index (χ2n) is 4.25. The van der Waals surface area contributed by atoms with Crippen molar-refractivity contribution in [2.24, 2.45) is 5.73 Å². The summed E-state index contributed by atoms with van der Waals surface area (Å²) in [6, 6.07) is 5.40. The molecule has 19 heavy (non-hydrogen) atoms. The molecule has 1 rings (SSSR count). The summed E-state index contributed by atoms with van der Waals surface area (Å²) in [6.45, 7) is 6.27. The summed E-state index contributed by atoms with van der Waals surface area (Å²) in [6.07, 6.45) is -0.151. The second kappa shape index (κ2) is 7.63. The van der Waals surface area contributed by atoms with Gasteiger partial charge in [-0.15, -0.1) is 0 Å². The Morgan fingerprint density at radius 3 is 2.58 bits per heavy atom. The number of nitrogens with two attached hydrogens (primary N) is 1. The van der Waals surface area contributed by atoms with Crippen molar-refractivity contribution in [1.29, 1.82) is 0 Å². The van der Waals surface area contributed by atoms with Crippen LogP contribution in [0.1, 0.15) is 26.3 Å². The number of rotatable bonds is 7. The Hall–Kier alpha value is -1.75. The largest absolute Gasteiger partial charge is 0.490 e. The molecule has 0 saturated heterocycles. The zero-order valence-corrected chi connectivity index (χ0v) is 11.6. The molecule has 2 N–H and O–H groups in total. The number of ether oxygens (including phenoxy) is 3. The Bertz CT molecular complexity index is 418. The molecular formula is C14H21NO4. The van der Waals surface area contributed by atoms with Crippen molar-refractivity contribution in [3.63, 3.8) is 0 Å². The Balaban J connectivity index is 2.68. The molecule has 0 saturated carbocycles. The van der Waals surface area contributed by atoms with Crippen LogP contribution in [0.2, 0.25) is 0 Å². The molecule has 1 aromatic rings. The van der Waals surface area contributed by atoms with Crippen LogP contribution in [0.25, 0.3) is 0 Å². The minimum absolute atomic E-state index is 0.139. The number of benzene rings is 1. The highest BCUT2D eigenvalue weighted by Gasteiger charge is 2.10. The molecule has 0 aliphatic rings. The lowest BCUT2D eigenvalue weighted by Gasteiger charge is -2.13. The van der Waals surface area contributed by atoms with Gasteiger partial charge >= 0.3 is 5.97 Å². The van der Waals surface area contributed by atoms with Crippen molar-refractivity contribution < 1.29 is 19.0 Å². The number of esters is 1. The van der Waals surface area contributed by atoms with Crippen LogP contribution in [0.15, 0.2) is 18.2 Å². The molecule has 0 fully saturated rings. The van der Waals surface area contributed by atoms with Crippen LogP contribution in [-0.2, 0) is 16.1 Å². The van der Waals surface area contributed by atoms with Crippen LogP contribution in [0.4, 0.5) is 0 Å². The Morgan fingerprint density at radius 1 is 1.26 bits per heavy atom. The third-order valence-electron chi connectivity index (χ3n) is 2.26. The van der Waals surface area contributed by atoms with Gasteiger partial charge in [0, 0.05) is 6.54 Å². The Morgan fingerprint density at radius 2 is 2.00 bits per heavy atom. The summed E-state index contributed by atoms with van der Waals surface area (Å²) in [4.78, 5) is 11.4. The van der Waals surface area contributed by atoms with E-state index in [-0.39, 0.29) is 12.7 Å². The summed E-state index contributed by atoms with van der Waals surface area (Å²) in [5.41, 5.74) is 6.52. The van der Waals surface area contributed by atoms with E-state index in [1.54, 1.807) is 19.9 Å². The first-order valence-electron chi connectivity index (χ1n) is 6.34. The van der Waals surface area contributed by atoms with Gasteiger partial charge in [0.05, 0.1) is 12.7 Å². The van der Waals surface area contributed by atoms with Crippen LogP contribution in [0.3, 0.4) is 0 Å². The maximum atomic E-state index is 11.4. The van der Waals surface area contributed by atoms with Crippen LogP contribution in [0, 0.1) is 0 Å². The highest BCUT2D eigenvalue weighted by atomic mass is 16.6. The molecule has 5 heteroatoms. The number of hydrogen-bond acceptors (Lipinski definition) is 5. The highest BCUT2D eigenvalue weighted by Crippen LogP contribution is 2.28. The van der Waals surface area contributed by atoms with Gasteiger partial charge in [0.2, 0.25) is 0 Å². The predicted molar refractivity (Wildman–Crippen MR) is 72.2 cm³/mol. The lowest BCUT2D eigenvalue weighted by Crippen LogP contribution is -2.19. The van der Waals surface area contributed by atoms with Crippen molar-refractivity contribution in [3.8, 4) is 11.5 Å². The SMILES string of the molecule is CCOc1cc(CN)ccc1OCC(=O)OC(C)C. The quantitative estimate of drug-likeness (QED) is 0.764. The second-order valence-corrected chi connectivity index (χ2v) is 4.25. The monoisotopic (exact) mass is 267 g/mol. The molecule has 0 unspecified atom stereocenters. The molecule has 0 aliphatic carbocycles. The summed E-state index contributed by atoms with van der Waals surface area (Å²) in [7, 11) is 0. The van der Waals surface area contributed by atoms with E-state index in [0.717, 1.165) is 5.56 Å². The average Bonchev–Trinajstić information content (AvgIpc) is 2.36. The fourth-order valence-electron chi connectivity index (χ4n) is 1.50. The van der Waals surface area contributed by atoms with E-state index in [1.807, 2.05) is 19.1 Å². The summed E-state index contributed by atoms with van der Waals surface area (Å²) in [5.74, 6) is 0.697. The minimum atomic E-state index is -0.402. The van der Waals surface area contributed by atoms with Crippen molar-refractivity contribution in [3.05, 3.63) is 23.8 Å². The Labute approximate surface area is 113 Å². The first kappa shape index (κ1) is 15.3. The molecule has 0 aliphatic heterocycles. The first-order valence-corrected chi connectivity index (χ1v) is 6.34. The molecule has 5 nitrogen and oxygen atoms in total. The van der Waals surface area contributed by atoms with E-state index in [2.05, 4.69) is 0 Å². The Kier molecular flexibility index (Phi) is 6.15. The van der Waals surface area contributed by atoms with E-state index >= 15 is 0 Å². The molecular weight excluding hydrogens is 246 g/mol. The average molecular weight is 267 g/mol. The molecule has 0 atom stereocenters. The fraction of sp³-hybridized carbons (Fsp3) is 0.500. The van der Waals surface area contributed by atoms with Crippen molar-refractivity contribution in [2.75, 3.05) is 13.2 Å². The van der Waals surface area contributed by atoms with E-state index in [4.69, 9.17) is 19.9 Å². The molecule has 0 spiro atoms. The number of hydrogen-bond donors (Lipinski definition) is 1. The van der Waals surface area contributed by atoms with E-state index in [0.29, 0.717) is 24.7 Å². The smallest absolute Gasteiger partial charge is 0.344 e. The third kappa shape index (κ3) is 5.18. The standard InChI is InChI=1S/C14H21NO4/c1-4-17-13-7-11(8-15)5-6-12(13)18-9-14(16)19-10(2)3/h5-7,10H,4,8-9,15H2,1-3H3. The zero-order chi connectivity index (χ0) is 14.3. The van der Waals surface area contributed by atoms with Crippen molar-refractivity contribution in [1.82, 2.24) is 0 Å². The van der Waals surface area contributed by atoms with Gasteiger partial charge in [-0.25, -0.2) is 4.79 Å². The summed E-state index contributed by atoms with van der Waals surface area (Å²) >= 11 is 0. The van der Waals surface area contributed by atoms with Gasteiger partial charge in [0.15, 0.2) is 18.1 Å². The van der Waals surface area contributed by atoms with Gasteiger partial charge in [-0.2, -0.15) is 0 Å². The maximum Gasteiger partial charge on any atom is 0.344 e. The van der Waals surface area contributed by atoms with Crippen LogP contribution in [0.5, 0.6) is 11.5 Å². The summed E-state index contributed by atoms with van der Waals surface area (Å²) < 4.78 is 15.9. The third-order valence-corrected chi connectivity index (χ3v) is 2.26. The molecule has 0 radical (unpaired) electrons. The highest BCUT2D eigenvalue weighted by molar-refractivity contribution is 5.71. The lowest BCUT2D eigenvalue weighted by molar-refractivity contribution is -0.149. The molecule has 0 bridgehead atoms. The topological polar surface area (TPSA) is 70.8 Å². The van der Waals surface area contributed by atoms with E-state index in [1.165, 1.54) is 0 Å². The van der Waals surface area contributed by atoms with Crippen LogP contribution < -0.4 is 15.2 Å². The predicted octanol–water partition coefficient (Wildman–Crippen LogP) is 1.87.